The largest absolute Gasteiger partial charge is 0.419 e. The second kappa shape index (κ2) is 7.93. The van der Waals surface area contributed by atoms with E-state index in [0.717, 1.165) is 28.8 Å². The van der Waals surface area contributed by atoms with E-state index in [4.69, 9.17) is 9.15 Å². The van der Waals surface area contributed by atoms with Crippen molar-refractivity contribution in [1.29, 1.82) is 5.26 Å². The van der Waals surface area contributed by atoms with E-state index in [1.165, 1.54) is 4.57 Å². The van der Waals surface area contributed by atoms with Gasteiger partial charge in [-0.05, 0) is 28.8 Å². The van der Waals surface area contributed by atoms with Gasteiger partial charge in [0.2, 0.25) is 5.91 Å². The first-order valence-electron chi connectivity index (χ1n) is 10.7. The van der Waals surface area contributed by atoms with Gasteiger partial charge in [0.25, 0.3) is 0 Å². The van der Waals surface area contributed by atoms with E-state index in [1.54, 1.807) is 13.1 Å². The maximum absolute atomic E-state index is 12.8. The van der Waals surface area contributed by atoms with Crippen LogP contribution in [0.1, 0.15) is 5.56 Å². The number of nitrogens with zero attached hydrogens (tertiary/aromatic N) is 2. The second-order valence-corrected chi connectivity index (χ2v) is 8.74. The van der Waals surface area contributed by atoms with Crippen molar-refractivity contribution < 1.29 is 13.9 Å². The van der Waals surface area contributed by atoms with Crippen LogP contribution < -0.4 is 16.4 Å². The molecule has 2 aliphatic heterocycles. The average molecular weight is 432 g/mol. The van der Waals surface area contributed by atoms with Gasteiger partial charge in [-0.2, -0.15) is 5.26 Å². The van der Waals surface area contributed by atoms with Crippen molar-refractivity contribution >= 4 is 17.0 Å². The molecule has 3 heterocycles. The molecule has 32 heavy (non-hydrogen) atoms. The highest BCUT2D eigenvalue weighted by Gasteiger charge is 2.52. The molecule has 1 amide bonds. The SMILES string of the molecule is Cn1c(=O)oc2ccc(-c3ccc(CC(C#N)NC(=O)C4CNCC45COC5)cc3)cc21. The molecule has 3 aromatic rings. The lowest BCUT2D eigenvalue weighted by molar-refractivity contribution is -0.150. The highest BCUT2D eigenvalue weighted by molar-refractivity contribution is 5.81. The van der Waals surface area contributed by atoms with Crippen LogP contribution >= 0.6 is 0 Å². The van der Waals surface area contributed by atoms with Gasteiger partial charge in [-0.25, -0.2) is 4.79 Å². The first kappa shape index (κ1) is 20.5. The fourth-order valence-corrected chi connectivity index (χ4v) is 4.62. The predicted octanol–water partition coefficient (Wildman–Crippen LogP) is 1.59. The van der Waals surface area contributed by atoms with Crippen LogP contribution in [-0.2, 0) is 23.0 Å². The van der Waals surface area contributed by atoms with Gasteiger partial charge >= 0.3 is 5.76 Å². The maximum Gasteiger partial charge on any atom is 0.419 e. The maximum atomic E-state index is 12.8. The molecule has 2 fully saturated rings. The highest BCUT2D eigenvalue weighted by Crippen LogP contribution is 2.38. The summed E-state index contributed by atoms with van der Waals surface area (Å²) in [5, 5.41) is 15.8. The Hall–Kier alpha value is -3.41. The number of aromatic nitrogens is 1. The van der Waals surface area contributed by atoms with E-state index >= 15 is 0 Å². The zero-order chi connectivity index (χ0) is 22.3. The third-order valence-electron chi connectivity index (χ3n) is 6.65. The van der Waals surface area contributed by atoms with Crippen LogP contribution in [0.3, 0.4) is 0 Å². The summed E-state index contributed by atoms with van der Waals surface area (Å²) in [6.07, 6.45) is 0.432. The molecule has 8 nitrogen and oxygen atoms in total. The third kappa shape index (κ3) is 3.49. The molecule has 1 aromatic heterocycles. The number of hydrogen-bond donors (Lipinski definition) is 2. The Morgan fingerprint density at radius 1 is 1.28 bits per heavy atom. The average Bonchev–Trinajstić information content (AvgIpc) is 3.35. The molecule has 0 bridgehead atoms. The molecule has 0 radical (unpaired) electrons. The van der Waals surface area contributed by atoms with Crippen molar-refractivity contribution in [2.24, 2.45) is 18.4 Å². The third-order valence-corrected chi connectivity index (χ3v) is 6.65. The van der Waals surface area contributed by atoms with Crippen molar-refractivity contribution in [2.75, 3.05) is 26.3 Å². The summed E-state index contributed by atoms with van der Waals surface area (Å²) in [7, 11) is 1.68. The summed E-state index contributed by atoms with van der Waals surface area (Å²) in [5.74, 6) is -0.634. The van der Waals surface area contributed by atoms with Gasteiger partial charge in [0.1, 0.15) is 6.04 Å². The minimum absolute atomic E-state index is 0.0829. The summed E-state index contributed by atoms with van der Waals surface area (Å²) >= 11 is 0. The first-order chi connectivity index (χ1) is 15.5. The lowest BCUT2D eigenvalue weighted by Gasteiger charge is -2.41. The van der Waals surface area contributed by atoms with E-state index in [-0.39, 0.29) is 23.0 Å². The smallest absolute Gasteiger partial charge is 0.408 e. The van der Waals surface area contributed by atoms with Gasteiger partial charge in [-0.15, -0.1) is 0 Å². The zero-order valence-electron chi connectivity index (χ0n) is 17.8. The van der Waals surface area contributed by atoms with Crippen LogP contribution in [0.25, 0.3) is 22.2 Å². The number of carbonyl (C=O) groups excluding carboxylic acids is 1. The number of benzene rings is 2. The molecule has 2 saturated heterocycles. The van der Waals surface area contributed by atoms with E-state index < -0.39 is 6.04 Å². The van der Waals surface area contributed by atoms with Crippen molar-refractivity contribution in [1.82, 2.24) is 15.2 Å². The molecular formula is C24H24N4O4. The van der Waals surface area contributed by atoms with Gasteiger partial charge in [0, 0.05) is 32.0 Å². The minimum atomic E-state index is -0.594. The van der Waals surface area contributed by atoms with Crippen LogP contribution in [0, 0.1) is 22.7 Å². The Labute approximate surface area is 184 Å². The molecule has 0 aliphatic carbocycles. The lowest BCUT2D eigenvalue weighted by Crippen LogP contribution is -2.54. The summed E-state index contributed by atoms with van der Waals surface area (Å²) in [6.45, 7) is 2.59. The topological polar surface area (TPSA) is 109 Å². The predicted molar refractivity (Wildman–Crippen MR) is 118 cm³/mol. The van der Waals surface area contributed by atoms with Gasteiger partial charge < -0.3 is 19.8 Å². The monoisotopic (exact) mass is 432 g/mol. The standard InChI is InChI=1S/C24H24N4O4/c1-28-20-9-17(6-7-21(20)32-23(28)30)16-4-2-15(3-5-16)8-18(10-25)27-22(29)19-11-26-12-24(19)13-31-14-24/h2-7,9,18-19,26H,8,11-14H2,1H3,(H,27,29). The molecule has 164 valence electrons. The van der Waals surface area contributed by atoms with E-state index in [9.17, 15) is 14.9 Å². The van der Waals surface area contributed by atoms with Crippen LogP contribution in [0.15, 0.2) is 51.7 Å². The van der Waals surface area contributed by atoms with E-state index in [2.05, 4.69) is 16.7 Å². The number of aryl methyl sites for hydroxylation is 1. The van der Waals surface area contributed by atoms with Gasteiger partial charge in [-0.3, -0.25) is 9.36 Å². The number of fused-ring (bicyclic) bond motifs is 1. The van der Waals surface area contributed by atoms with Crippen LogP contribution in [0.4, 0.5) is 0 Å². The molecule has 8 heteroatoms. The fraction of sp³-hybridized carbons (Fsp3) is 0.375. The summed E-state index contributed by atoms with van der Waals surface area (Å²) < 4.78 is 12.0. The number of hydrogen-bond acceptors (Lipinski definition) is 6. The molecule has 0 saturated carbocycles. The number of amides is 1. The first-order valence-corrected chi connectivity index (χ1v) is 10.7. The quantitative estimate of drug-likeness (QED) is 0.634. The lowest BCUT2D eigenvalue weighted by atomic mass is 9.75. The van der Waals surface area contributed by atoms with Crippen LogP contribution in [0.5, 0.6) is 0 Å². The van der Waals surface area contributed by atoms with Crippen molar-refractivity contribution in [2.45, 2.75) is 12.5 Å². The molecule has 2 aromatic carbocycles. The molecule has 2 N–H and O–H groups in total. The summed E-state index contributed by atoms with van der Waals surface area (Å²) in [5.41, 5.74) is 4.09. The molecular weight excluding hydrogens is 408 g/mol. The van der Waals surface area contributed by atoms with E-state index in [1.807, 2.05) is 36.4 Å². The van der Waals surface area contributed by atoms with Crippen LogP contribution in [-0.4, -0.2) is 42.8 Å². The number of nitriles is 1. The molecule has 2 atom stereocenters. The summed E-state index contributed by atoms with van der Waals surface area (Å²) in [6, 6.07) is 15.1. The van der Waals surface area contributed by atoms with Crippen molar-refractivity contribution in [3.8, 4) is 17.2 Å². The Morgan fingerprint density at radius 2 is 2.03 bits per heavy atom. The molecule has 2 unspecified atom stereocenters. The van der Waals surface area contributed by atoms with Crippen LogP contribution in [0.2, 0.25) is 0 Å². The van der Waals surface area contributed by atoms with Gasteiger partial charge in [0.15, 0.2) is 5.58 Å². The Balaban J connectivity index is 1.27. The van der Waals surface area contributed by atoms with Gasteiger partial charge in [-0.1, -0.05) is 30.3 Å². The fourth-order valence-electron chi connectivity index (χ4n) is 4.62. The van der Waals surface area contributed by atoms with Crippen molar-refractivity contribution in [3.63, 3.8) is 0 Å². The molecule has 1 spiro atoms. The highest BCUT2D eigenvalue weighted by atomic mass is 16.5. The number of oxazole rings is 1. The summed E-state index contributed by atoms with van der Waals surface area (Å²) in [4.78, 5) is 24.5. The normalized spacial score (nSPS) is 20.1. The molecule has 5 rings (SSSR count). The minimum Gasteiger partial charge on any atom is -0.408 e. The molecule has 2 aliphatic rings. The zero-order valence-corrected chi connectivity index (χ0v) is 17.8. The number of rotatable bonds is 5. The van der Waals surface area contributed by atoms with Crippen molar-refractivity contribution in [3.05, 3.63) is 58.6 Å². The number of nitrogens with one attached hydrogen (secondary N) is 2. The second-order valence-electron chi connectivity index (χ2n) is 8.74. The Bertz CT molecular complexity index is 1260. The number of carbonyl (C=O) groups is 1. The Morgan fingerprint density at radius 3 is 2.72 bits per heavy atom. The van der Waals surface area contributed by atoms with Gasteiger partial charge in [0.05, 0.1) is 30.7 Å². The Kier molecular flexibility index (Phi) is 5.08. The van der Waals surface area contributed by atoms with E-state index in [0.29, 0.717) is 31.8 Å². The number of ether oxygens (including phenoxy) is 1.